The third kappa shape index (κ3) is 4.68. The second-order valence-corrected chi connectivity index (χ2v) is 5.19. The molecule has 1 rings (SSSR count). The van der Waals surface area contributed by atoms with Crippen LogP contribution in [0.4, 0.5) is 0 Å². The second-order valence-electron chi connectivity index (χ2n) is 5.19. The number of carbonyl (C=O) groups excluding carboxylic acids is 1. The Labute approximate surface area is 119 Å². The Morgan fingerprint density at radius 3 is 2.70 bits per heavy atom. The van der Waals surface area contributed by atoms with Crippen molar-refractivity contribution in [1.29, 1.82) is 0 Å². The van der Waals surface area contributed by atoms with Crippen LogP contribution in [0.15, 0.2) is 6.20 Å². The lowest BCUT2D eigenvalue weighted by molar-refractivity contribution is -0.137. The van der Waals surface area contributed by atoms with Gasteiger partial charge in [0, 0.05) is 19.5 Å². The molecule has 2 N–H and O–H groups in total. The Balaban J connectivity index is 2.63. The fourth-order valence-electron chi connectivity index (χ4n) is 2.01. The molecule has 20 heavy (non-hydrogen) atoms. The van der Waals surface area contributed by atoms with E-state index < -0.39 is 5.97 Å². The van der Waals surface area contributed by atoms with E-state index in [1.165, 1.54) is 0 Å². The molecule has 6 heteroatoms. The van der Waals surface area contributed by atoms with E-state index in [-0.39, 0.29) is 12.3 Å². The average Bonchev–Trinajstić information content (AvgIpc) is 2.76. The minimum atomic E-state index is -0.849. The first kappa shape index (κ1) is 16.2. The van der Waals surface area contributed by atoms with E-state index >= 15 is 0 Å². The molecule has 0 unspecified atom stereocenters. The zero-order valence-corrected chi connectivity index (χ0v) is 12.3. The van der Waals surface area contributed by atoms with Crippen LogP contribution in [0.1, 0.15) is 49.7 Å². The lowest BCUT2D eigenvalue weighted by Gasteiger charge is -2.10. The van der Waals surface area contributed by atoms with Crippen LogP contribution in [0.5, 0.6) is 0 Å². The van der Waals surface area contributed by atoms with E-state index in [1.807, 2.05) is 11.6 Å². The van der Waals surface area contributed by atoms with Crippen molar-refractivity contribution in [3.05, 3.63) is 17.5 Å². The van der Waals surface area contributed by atoms with Crippen LogP contribution in [0.3, 0.4) is 0 Å². The molecule has 0 aliphatic carbocycles. The molecule has 112 valence electrons. The van der Waals surface area contributed by atoms with Crippen LogP contribution < -0.4 is 5.32 Å². The first-order valence-corrected chi connectivity index (χ1v) is 7.00. The molecule has 6 nitrogen and oxygen atoms in total. The van der Waals surface area contributed by atoms with Crippen LogP contribution in [0.25, 0.3) is 0 Å². The van der Waals surface area contributed by atoms with E-state index in [1.54, 1.807) is 6.20 Å². The molecule has 0 saturated heterocycles. The van der Waals surface area contributed by atoms with Gasteiger partial charge in [-0.2, -0.15) is 5.10 Å². The monoisotopic (exact) mass is 281 g/mol. The van der Waals surface area contributed by atoms with Gasteiger partial charge in [-0.15, -0.1) is 0 Å². The average molecular weight is 281 g/mol. The maximum atomic E-state index is 12.1. The molecule has 0 aromatic carbocycles. The fourth-order valence-corrected chi connectivity index (χ4v) is 2.01. The molecular weight excluding hydrogens is 258 g/mol. The summed E-state index contributed by atoms with van der Waals surface area (Å²) in [6.45, 7) is 7.35. The van der Waals surface area contributed by atoms with Gasteiger partial charge in [-0.1, -0.05) is 20.8 Å². The number of aliphatic carboxylic acids is 1. The summed E-state index contributed by atoms with van der Waals surface area (Å²) in [6, 6.07) is 0. The maximum absolute atomic E-state index is 12.1. The van der Waals surface area contributed by atoms with Gasteiger partial charge < -0.3 is 10.4 Å². The summed E-state index contributed by atoms with van der Waals surface area (Å²) < 4.78 is 1.87. The molecular formula is C14H23N3O3. The first-order chi connectivity index (χ1) is 9.45. The summed E-state index contributed by atoms with van der Waals surface area (Å²) in [5.41, 5.74) is 1.51. The molecule has 1 heterocycles. The summed E-state index contributed by atoms with van der Waals surface area (Å²) in [6.07, 6.45) is 2.83. The smallest absolute Gasteiger partial charge is 0.303 e. The van der Waals surface area contributed by atoms with Gasteiger partial charge in [-0.3, -0.25) is 14.3 Å². The number of hydrogen-bond donors (Lipinski definition) is 2. The minimum absolute atomic E-state index is 0.0630. The van der Waals surface area contributed by atoms with E-state index in [0.29, 0.717) is 24.4 Å². The van der Waals surface area contributed by atoms with E-state index in [2.05, 4.69) is 24.3 Å². The van der Waals surface area contributed by atoms with E-state index in [0.717, 1.165) is 18.7 Å². The predicted octanol–water partition coefficient (Wildman–Crippen LogP) is 1.70. The minimum Gasteiger partial charge on any atom is -0.481 e. The van der Waals surface area contributed by atoms with E-state index in [9.17, 15) is 9.59 Å². The number of carboxylic acids is 1. The van der Waals surface area contributed by atoms with Crippen molar-refractivity contribution in [3.8, 4) is 0 Å². The highest BCUT2D eigenvalue weighted by molar-refractivity contribution is 5.95. The van der Waals surface area contributed by atoms with Crippen LogP contribution >= 0.6 is 0 Å². The number of rotatable bonds is 8. The molecule has 0 fully saturated rings. The van der Waals surface area contributed by atoms with Crippen molar-refractivity contribution in [1.82, 2.24) is 15.1 Å². The maximum Gasteiger partial charge on any atom is 0.303 e. The first-order valence-electron chi connectivity index (χ1n) is 7.00. The molecule has 1 aromatic heterocycles. The molecule has 0 aliphatic heterocycles. The van der Waals surface area contributed by atoms with Crippen molar-refractivity contribution in [2.45, 2.75) is 46.6 Å². The predicted molar refractivity (Wildman–Crippen MR) is 75.6 cm³/mol. The molecule has 0 aliphatic rings. The Bertz CT molecular complexity index is 466. The topological polar surface area (TPSA) is 84.2 Å². The molecule has 0 bridgehead atoms. The third-order valence-corrected chi connectivity index (χ3v) is 2.92. The van der Waals surface area contributed by atoms with Gasteiger partial charge in [-0.25, -0.2) is 0 Å². The normalized spacial score (nSPS) is 10.8. The number of hydrogen-bond acceptors (Lipinski definition) is 3. The van der Waals surface area contributed by atoms with E-state index in [4.69, 9.17) is 5.11 Å². The number of aromatic nitrogens is 2. The lowest BCUT2D eigenvalue weighted by atomic mass is 10.1. The molecule has 1 aromatic rings. The molecule has 0 atom stereocenters. The largest absolute Gasteiger partial charge is 0.481 e. The fraction of sp³-hybridized carbons (Fsp3) is 0.643. The molecule has 0 spiro atoms. The quantitative estimate of drug-likeness (QED) is 0.710. The van der Waals surface area contributed by atoms with Gasteiger partial charge in [0.05, 0.1) is 17.5 Å². The highest BCUT2D eigenvalue weighted by atomic mass is 16.4. The Morgan fingerprint density at radius 1 is 1.45 bits per heavy atom. The highest BCUT2D eigenvalue weighted by Crippen LogP contribution is 2.11. The van der Waals surface area contributed by atoms with Gasteiger partial charge in [0.2, 0.25) is 0 Å². The molecule has 0 saturated carbocycles. The van der Waals surface area contributed by atoms with Crippen molar-refractivity contribution in [2.24, 2.45) is 5.92 Å². The van der Waals surface area contributed by atoms with Crippen LogP contribution in [0, 0.1) is 5.92 Å². The number of nitrogens with zero attached hydrogens (tertiary/aromatic N) is 2. The van der Waals surface area contributed by atoms with Gasteiger partial charge in [0.15, 0.2) is 0 Å². The van der Waals surface area contributed by atoms with Crippen molar-refractivity contribution in [2.75, 3.05) is 6.54 Å². The summed E-state index contributed by atoms with van der Waals surface area (Å²) in [5.74, 6) is -0.563. The van der Waals surface area contributed by atoms with Crippen LogP contribution in [-0.2, 0) is 17.8 Å². The van der Waals surface area contributed by atoms with Crippen molar-refractivity contribution < 1.29 is 14.7 Å². The van der Waals surface area contributed by atoms with Gasteiger partial charge in [-0.05, 0) is 18.8 Å². The molecule has 0 radical (unpaired) electrons. The standard InChI is InChI=1S/C14H23N3O3/c1-4-12-11(8-16-17(12)9-10(2)3)14(20)15-7-5-6-13(18)19/h8,10H,4-7,9H2,1-3H3,(H,15,20)(H,18,19). The Kier molecular flexibility index (Phi) is 6.21. The second kappa shape index (κ2) is 7.67. The van der Waals surface area contributed by atoms with Gasteiger partial charge >= 0.3 is 5.97 Å². The summed E-state index contributed by atoms with van der Waals surface area (Å²) >= 11 is 0. The Morgan fingerprint density at radius 2 is 2.15 bits per heavy atom. The third-order valence-electron chi connectivity index (χ3n) is 2.92. The van der Waals surface area contributed by atoms with Gasteiger partial charge in [0.1, 0.15) is 0 Å². The summed E-state index contributed by atoms with van der Waals surface area (Å²) in [5, 5.41) is 15.5. The summed E-state index contributed by atoms with van der Waals surface area (Å²) in [4.78, 5) is 22.5. The highest BCUT2D eigenvalue weighted by Gasteiger charge is 2.16. The SMILES string of the molecule is CCc1c(C(=O)NCCCC(=O)O)cnn1CC(C)C. The zero-order valence-electron chi connectivity index (χ0n) is 12.3. The van der Waals surface area contributed by atoms with Crippen LogP contribution in [0.2, 0.25) is 0 Å². The van der Waals surface area contributed by atoms with Crippen molar-refractivity contribution in [3.63, 3.8) is 0 Å². The van der Waals surface area contributed by atoms with Gasteiger partial charge in [0.25, 0.3) is 5.91 Å². The zero-order chi connectivity index (χ0) is 15.1. The Hall–Kier alpha value is -1.85. The number of carboxylic acid groups (broad SMARTS) is 1. The van der Waals surface area contributed by atoms with Crippen molar-refractivity contribution >= 4 is 11.9 Å². The number of amides is 1. The lowest BCUT2D eigenvalue weighted by Crippen LogP contribution is -2.26. The number of carbonyl (C=O) groups is 2. The van der Waals surface area contributed by atoms with Crippen LogP contribution in [-0.4, -0.2) is 33.3 Å². The molecule has 1 amide bonds. The number of nitrogens with one attached hydrogen (secondary N) is 1. The summed E-state index contributed by atoms with van der Waals surface area (Å²) in [7, 11) is 0.